The first-order valence-corrected chi connectivity index (χ1v) is 11.0. The lowest BCUT2D eigenvalue weighted by Gasteiger charge is -2.21. The van der Waals surface area contributed by atoms with Crippen LogP contribution >= 0.6 is 0 Å². The van der Waals surface area contributed by atoms with Crippen LogP contribution in [0.3, 0.4) is 0 Å². The number of methoxy groups -OCH3 is 1. The molecule has 3 aromatic carbocycles. The third-order valence-corrected chi connectivity index (χ3v) is 6.88. The second-order valence-electron chi connectivity index (χ2n) is 7.02. The minimum Gasteiger partial charge on any atom is -0.497 e. The van der Waals surface area contributed by atoms with Crippen molar-refractivity contribution in [3.05, 3.63) is 83.9 Å². The van der Waals surface area contributed by atoms with Crippen molar-refractivity contribution < 1.29 is 13.2 Å². The van der Waals surface area contributed by atoms with E-state index in [2.05, 4.69) is 41.3 Å². The Morgan fingerprint density at radius 2 is 1.46 bits per heavy atom. The van der Waals surface area contributed by atoms with Gasteiger partial charge >= 0.3 is 0 Å². The van der Waals surface area contributed by atoms with Crippen molar-refractivity contribution in [1.29, 1.82) is 0 Å². The van der Waals surface area contributed by atoms with Gasteiger partial charge in [0.1, 0.15) is 5.75 Å². The molecule has 0 bridgehead atoms. The Kier molecular flexibility index (Phi) is 5.20. The topological polar surface area (TPSA) is 46.6 Å². The standard InChI is InChI=1S/C23H23NO3S/c1-27-20-9-6-10-21(15-20)28(25,26)14-13-24-16-18-7-2-4-11-22(18)23-12-5-3-8-19(23)17-24/h2-12,15H,13-14,16-17H2,1H3. The van der Waals surface area contributed by atoms with Gasteiger partial charge in [-0.2, -0.15) is 0 Å². The van der Waals surface area contributed by atoms with Gasteiger partial charge in [-0.05, 0) is 40.5 Å². The van der Waals surface area contributed by atoms with Crippen LogP contribution in [0, 0.1) is 0 Å². The van der Waals surface area contributed by atoms with Gasteiger partial charge in [0.05, 0.1) is 17.8 Å². The first-order chi connectivity index (χ1) is 13.6. The fourth-order valence-electron chi connectivity index (χ4n) is 3.70. The second kappa shape index (κ2) is 7.78. The second-order valence-corrected chi connectivity index (χ2v) is 9.13. The van der Waals surface area contributed by atoms with Crippen LogP contribution in [0.25, 0.3) is 11.1 Å². The summed E-state index contributed by atoms with van der Waals surface area (Å²) in [5, 5.41) is 0. The molecule has 1 aliphatic heterocycles. The van der Waals surface area contributed by atoms with Gasteiger partial charge in [-0.1, -0.05) is 54.6 Å². The average Bonchev–Trinajstić information content (AvgIpc) is 2.89. The quantitative estimate of drug-likeness (QED) is 0.653. The van der Waals surface area contributed by atoms with E-state index in [4.69, 9.17) is 4.74 Å². The van der Waals surface area contributed by atoms with Crippen LogP contribution in [-0.4, -0.2) is 32.7 Å². The molecule has 144 valence electrons. The SMILES string of the molecule is COc1cccc(S(=O)(=O)CCN2Cc3ccccc3-c3ccccc3C2)c1. The van der Waals surface area contributed by atoms with Gasteiger partial charge in [0, 0.05) is 19.6 Å². The highest BCUT2D eigenvalue weighted by Gasteiger charge is 2.22. The third-order valence-electron chi connectivity index (χ3n) is 5.19. The Morgan fingerprint density at radius 3 is 2.07 bits per heavy atom. The molecule has 0 aliphatic carbocycles. The van der Waals surface area contributed by atoms with Crippen LogP contribution < -0.4 is 4.74 Å². The maximum atomic E-state index is 12.8. The molecule has 4 rings (SSSR count). The van der Waals surface area contributed by atoms with E-state index in [0.29, 0.717) is 17.2 Å². The monoisotopic (exact) mass is 393 g/mol. The van der Waals surface area contributed by atoms with Gasteiger partial charge in [-0.15, -0.1) is 0 Å². The molecule has 0 saturated carbocycles. The highest BCUT2D eigenvalue weighted by Crippen LogP contribution is 2.32. The zero-order valence-electron chi connectivity index (χ0n) is 15.8. The molecule has 3 aromatic rings. The van der Waals surface area contributed by atoms with E-state index in [1.807, 2.05) is 12.1 Å². The molecule has 0 spiro atoms. The highest BCUT2D eigenvalue weighted by atomic mass is 32.2. The smallest absolute Gasteiger partial charge is 0.179 e. The van der Waals surface area contributed by atoms with Gasteiger partial charge in [0.25, 0.3) is 0 Å². The average molecular weight is 394 g/mol. The summed E-state index contributed by atoms with van der Waals surface area (Å²) in [6.07, 6.45) is 0. The summed E-state index contributed by atoms with van der Waals surface area (Å²) in [5.41, 5.74) is 4.92. The number of nitrogens with zero attached hydrogens (tertiary/aromatic N) is 1. The largest absolute Gasteiger partial charge is 0.497 e. The third kappa shape index (κ3) is 3.81. The summed E-state index contributed by atoms with van der Waals surface area (Å²) in [6, 6.07) is 23.4. The fraction of sp³-hybridized carbons (Fsp3) is 0.217. The Morgan fingerprint density at radius 1 is 0.857 bits per heavy atom. The minimum absolute atomic E-state index is 0.0739. The van der Waals surface area contributed by atoms with Crippen molar-refractivity contribution in [2.24, 2.45) is 0 Å². The first-order valence-electron chi connectivity index (χ1n) is 9.32. The molecule has 0 atom stereocenters. The zero-order chi connectivity index (χ0) is 19.6. The molecule has 0 saturated heterocycles. The molecule has 0 radical (unpaired) electrons. The maximum absolute atomic E-state index is 12.8. The maximum Gasteiger partial charge on any atom is 0.179 e. The van der Waals surface area contributed by atoms with Crippen LogP contribution in [0.4, 0.5) is 0 Å². The summed E-state index contributed by atoms with van der Waals surface area (Å²) < 4.78 is 30.8. The highest BCUT2D eigenvalue weighted by molar-refractivity contribution is 7.91. The lowest BCUT2D eigenvalue weighted by molar-refractivity contribution is 0.275. The van der Waals surface area contributed by atoms with Gasteiger partial charge in [-0.25, -0.2) is 8.42 Å². The van der Waals surface area contributed by atoms with Crippen LogP contribution in [0.1, 0.15) is 11.1 Å². The van der Waals surface area contributed by atoms with Crippen molar-refractivity contribution in [1.82, 2.24) is 4.90 Å². The number of sulfone groups is 1. The molecule has 0 N–H and O–H groups in total. The van der Waals surface area contributed by atoms with E-state index in [-0.39, 0.29) is 5.75 Å². The van der Waals surface area contributed by atoms with E-state index in [9.17, 15) is 8.42 Å². The number of rotatable bonds is 5. The van der Waals surface area contributed by atoms with Crippen molar-refractivity contribution in [3.63, 3.8) is 0 Å². The van der Waals surface area contributed by atoms with Gasteiger partial charge in [-0.3, -0.25) is 4.90 Å². The molecule has 28 heavy (non-hydrogen) atoms. The summed E-state index contributed by atoms with van der Waals surface area (Å²) in [6.45, 7) is 1.94. The van der Waals surface area contributed by atoms with E-state index < -0.39 is 9.84 Å². The predicted octanol–water partition coefficient (Wildman–Crippen LogP) is 4.15. The molecule has 0 fully saturated rings. The molecule has 4 nitrogen and oxygen atoms in total. The van der Waals surface area contributed by atoms with Crippen molar-refractivity contribution in [3.8, 4) is 16.9 Å². The summed E-state index contributed by atoms with van der Waals surface area (Å²) in [5.74, 6) is 0.628. The van der Waals surface area contributed by atoms with E-state index in [0.717, 1.165) is 13.1 Å². The first kappa shape index (κ1) is 18.7. The Bertz CT molecular complexity index is 1040. The van der Waals surface area contributed by atoms with Crippen LogP contribution in [0.5, 0.6) is 5.75 Å². The Labute approximate surface area is 166 Å². The molecule has 0 aromatic heterocycles. The number of fused-ring (bicyclic) bond motifs is 3. The molecule has 0 unspecified atom stereocenters. The number of hydrogen-bond donors (Lipinski definition) is 0. The lowest BCUT2D eigenvalue weighted by Crippen LogP contribution is -2.28. The zero-order valence-corrected chi connectivity index (χ0v) is 16.7. The summed E-state index contributed by atoms with van der Waals surface area (Å²) >= 11 is 0. The number of benzene rings is 3. The fourth-order valence-corrected chi connectivity index (χ4v) is 5.02. The summed E-state index contributed by atoms with van der Waals surface area (Å²) in [7, 11) is -1.84. The van der Waals surface area contributed by atoms with Gasteiger partial charge in [0.15, 0.2) is 9.84 Å². The van der Waals surface area contributed by atoms with Crippen molar-refractivity contribution in [2.45, 2.75) is 18.0 Å². The van der Waals surface area contributed by atoms with Crippen LogP contribution in [-0.2, 0) is 22.9 Å². The number of ether oxygens (including phenoxy) is 1. The molecular weight excluding hydrogens is 370 g/mol. The van der Waals surface area contributed by atoms with Crippen LogP contribution in [0.15, 0.2) is 77.7 Å². The molecule has 0 amide bonds. The normalized spacial score (nSPS) is 14.0. The van der Waals surface area contributed by atoms with E-state index in [1.165, 1.54) is 29.4 Å². The van der Waals surface area contributed by atoms with E-state index in [1.54, 1.807) is 24.3 Å². The number of hydrogen-bond acceptors (Lipinski definition) is 4. The minimum atomic E-state index is -3.38. The molecule has 1 aliphatic rings. The molecule has 5 heteroatoms. The lowest BCUT2D eigenvalue weighted by atomic mass is 9.97. The van der Waals surface area contributed by atoms with Gasteiger partial charge in [0.2, 0.25) is 0 Å². The van der Waals surface area contributed by atoms with Gasteiger partial charge < -0.3 is 4.74 Å². The summed E-state index contributed by atoms with van der Waals surface area (Å²) in [4.78, 5) is 2.52. The predicted molar refractivity (Wildman–Crippen MR) is 111 cm³/mol. The molecule has 1 heterocycles. The van der Waals surface area contributed by atoms with Crippen LogP contribution in [0.2, 0.25) is 0 Å². The van der Waals surface area contributed by atoms with Crippen molar-refractivity contribution >= 4 is 9.84 Å². The van der Waals surface area contributed by atoms with E-state index >= 15 is 0 Å². The molecular formula is C23H23NO3S. The Balaban J connectivity index is 1.58. The van der Waals surface area contributed by atoms with Crippen molar-refractivity contribution in [2.75, 3.05) is 19.4 Å². The Hall–Kier alpha value is -2.63.